The van der Waals surface area contributed by atoms with Crippen molar-refractivity contribution in [1.29, 1.82) is 0 Å². The number of rotatable bonds is 4. The second kappa shape index (κ2) is 8.06. The summed E-state index contributed by atoms with van der Waals surface area (Å²) in [7, 11) is 0. The minimum Gasteiger partial charge on any atom is -0.366 e. The van der Waals surface area contributed by atoms with E-state index in [1.165, 1.54) is 29.8 Å². The molecule has 3 aromatic rings. The van der Waals surface area contributed by atoms with Crippen molar-refractivity contribution in [2.45, 2.75) is 6.92 Å². The number of amides is 1. The summed E-state index contributed by atoms with van der Waals surface area (Å²) in [5.41, 5.74) is 1.55. The molecule has 6 nitrogen and oxygen atoms in total. The van der Waals surface area contributed by atoms with E-state index in [9.17, 15) is 18.4 Å². The highest BCUT2D eigenvalue weighted by Crippen LogP contribution is 2.23. The fourth-order valence-corrected chi connectivity index (χ4v) is 3.50. The van der Waals surface area contributed by atoms with Gasteiger partial charge in [-0.3, -0.25) is 9.59 Å². The van der Waals surface area contributed by atoms with E-state index < -0.39 is 5.82 Å². The lowest BCUT2D eigenvalue weighted by atomic mass is 10.1. The van der Waals surface area contributed by atoms with Crippen LogP contribution < -0.4 is 4.90 Å². The Morgan fingerprint density at radius 2 is 1.73 bits per heavy atom. The van der Waals surface area contributed by atoms with Crippen molar-refractivity contribution in [3.63, 3.8) is 0 Å². The Balaban J connectivity index is 1.42. The average molecular weight is 410 g/mol. The van der Waals surface area contributed by atoms with Crippen molar-refractivity contribution in [3.8, 4) is 5.69 Å². The maximum atomic E-state index is 14.4. The van der Waals surface area contributed by atoms with E-state index in [1.54, 1.807) is 41.4 Å². The molecule has 0 atom stereocenters. The van der Waals surface area contributed by atoms with E-state index in [0.29, 0.717) is 43.1 Å². The first-order valence-corrected chi connectivity index (χ1v) is 9.59. The molecule has 1 saturated heterocycles. The van der Waals surface area contributed by atoms with Gasteiger partial charge >= 0.3 is 0 Å². The van der Waals surface area contributed by atoms with Gasteiger partial charge in [0.15, 0.2) is 11.5 Å². The number of benzene rings is 2. The molecule has 2 heterocycles. The minimum absolute atomic E-state index is 0.187. The summed E-state index contributed by atoms with van der Waals surface area (Å²) in [6.45, 7) is 3.16. The normalized spacial score (nSPS) is 14.1. The van der Waals surface area contributed by atoms with Gasteiger partial charge in [-0.1, -0.05) is 6.07 Å². The zero-order valence-electron chi connectivity index (χ0n) is 16.4. The maximum absolute atomic E-state index is 14.4. The summed E-state index contributed by atoms with van der Waals surface area (Å²) < 4.78 is 29.3. The number of piperazine rings is 1. The molecule has 1 aliphatic rings. The summed E-state index contributed by atoms with van der Waals surface area (Å²) in [6, 6.07) is 12.0. The fraction of sp³-hybridized carbons (Fsp3) is 0.227. The van der Waals surface area contributed by atoms with Crippen LogP contribution in [0, 0.1) is 11.6 Å². The molecule has 0 unspecified atom stereocenters. The number of hydrogen-bond acceptors (Lipinski definition) is 4. The highest BCUT2D eigenvalue weighted by atomic mass is 19.1. The predicted octanol–water partition coefficient (Wildman–Crippen LogP) is 3.32. The van der Waals surface area contributed by atoms with E-state index in [1.807, 2.05) is 4.90 Å². The van der Waals surface area contributed by atoms with Crippen LogP contribution in [0.4, 0.5) is 14.5 Å². The van der Waals surface area contributed by atoms with Crippen LogP contribution in [0.3, 0.4) is 0 Å². The molecule has 154 valence electrons. The molecule has 0 radical (unpaired) electrons. The van der Waals surface area contributed by atoms with Crippen LogP contribution >= 0.6 is 0 Å². The number of hydrogen-bond donors (Lipinski definition) is 0. The van der Waals surface area contributed by atoms with Crippen molar-refractivity contribution in [2.24, 2.45) is 0 Å². The second-order valence-electron chi connectivity index (χ2n) is 7.13. The molecule has 30 heavy (non-hydrogen) atoms. The van der Waals surface area contributed by atoms with Crippen LogP contribution in [0.5, 0.6) is 0 Å². The van der Waals surface area contributed by atoms with Gasteiger partial charge in [0, 0.05) is 37.9 Å². The zero-order valence-corrected chi connectivity index (χ0v) is 16.4. The Bertz CT molecular complexity index is 1100. The van der Waals surface area contributed by atoms with Gasteiger partial charge in [0.25, 0.3) is 5.91 Å². The summed E-state index contributed by atoms with van der Waals surface area (Å²) in [6.07, 6.45) is 1.62. The van der Waals surface area contributed by atoms with Crippen molar-refractivity contribution in [2.75, 3.05) is 31.1 Å². The van der Waals surface area contributed by atoms with Crippen LogP contribution in [0.1, 0.15) is 27.8 Å². The van der Waals surface area contributed by atoms with Gasteiger partial charge < -0.3 is 9.80 Å². The third-order valence-corrected chi connectivity index (χ3v) is 5.14. The number of halogens is 2. The number of anilines is 1. The Kier molecular flexibility index (Phi) is 5.31. The molecule has 1 aromatic heterocycles. The van der Waals surface area contributed by atoms with Crippen LogP contribution in [0.25, 0.3) is 5.69 Å². The van der Waals surface area contributed by atoms with Crippen molar-refractivity contribution < 1.29 is 18.4 Å². The molecule has 1 aliphatic heterocycles. The Morgan fingerprint density at radius 3 is 2.40 bits per heavy atom. The van der Waals surface area contributed by atoms with E-state index >= 15 is 0 Å². The van der Waals surface area contributed by atoms with Crippen LogP contribution in [0.2, 0.25) is 0 Å². The first kappa shape index (κ1) is 19.8. The SMILES string of the molecule is CC(=O)c1ccc(N2CCN(C(=O)c3ccn(-c4cccc(F)c4)n3)CC2)c(F)c1. The first-order chi connectivity index (χ1) is 14.4. The number of aromatic nitrogens is 2. The van der Waals surface area contributed by atoms with Gasteiger partial charge in [0.1, 0.15) is 11.6 Å². The highest BCUT2D eigenvalue weighted by Gasteiger charge is 2.25. The lowest BCUT2D eigenvalue weighted by Crippen LogP contribution is -2.49. The second-order valence-corrected chi connectivity index (χ2v) is 7.13. The lowest BCUT2D eigenvalue weighted by molar-refractivity contribution is 0.0740. The molecule has 0 bridgehead atoms. The molecule has 8 heteroatoms. The molecular formula is C22H20F2N4O2. The molecule has 4 rings (SSSR count). The molecule has 0 spiro atoms. The van der Waals surface area contributed by atoms with Crippen molar-refractivity contribution in [1.82, 2.24) is 14.7 Å². The van der Waals surface area contributed by atoms with E-state index in [2.05, 4.69) is 5.10 Å². The predicted molar refractivity (Wildman–Crippen MR) is 108 cm³/mol. The van der Waals surface area contributed by atoms with Crippen molar-refractivity contribution in [3.05, 3.63) is 77.6 Å². The molecule has 1 amide bonds. The minimum atomic E-state index is -0.448. The number of nitrogens with zero attached hydrogens (tertiary/aromatic N) is 4. The summed E-state index contributed by atoms with van der Waals surface area (Å²) in [5, 5.41) is 4.27. The Morgan fingerprint density at radius 1 is 0.967 bits per heavy atom. The Labute approximate surface area is 172 Å². The van der Waals surface area contributed by atoms with Crippen LogP contribution in [-0.4, -0.2) is 52.5 Å². The zero-order chi connectivity index (χ0) is 21.3. The maximum Gasteiger partial charge on any atom is 0.274 e. The molecule has 0 N–H and O–H groups in total. The summed E-state index contributed by atoms with van der Waals surface area (Å²) in [5.74, 6) is -1.24. The smallest absolute Gasteiger partial charge is 0.274 e. The lowest BCUT2D eigenvalue weighted by Gasteiger charge is -2.36. The summed E-state index contributed by atoms with van der Waals surface area (Å²) >= 11 is 0. The van der Waals surface area contributed by atoms with Crippen LogP contribution in [-0.2, 0) is 0 Å². The van der Waals surface area contributed by atoms with Gasteiger partial charge in [0.05, 0.1) is 11.4 Å². The first-order valence-electron chi connectivity index (χ1n) is 9.59. The van der Waals surface area contributed by atoms with Gasteiger partial charge in [-0.05, 0) is 49.4 Å². The van der Waals surface area contributed by atoms with E-state index in [0.717, 1.165) is 0 Å². The monoisotopic (exact) mass is 410 g/mol. The third-order valence-electron chi connectivity index (χ3n) is 5.14. The van der Waals surface area contributed by atoms with Crippen LogP contribution in [0.15, 0.2) is 54.7 Å². The quantitative estimate of drug-likeness (QED) is 0.620. The van der Waals surface area contributed by atoms with E-state index in [-0.39, 0.29) is 23.2 Å². The molecular weight excluding hydrogens is 390 g/mol. The highest BCUT2D eigenvalue weighted by molar-refractivity contribution is 5.94. The number of Topliss-reactive ketones (excluding diaryl/α,β-unsaturated/α-hetero) is 1. The number of carbonyl (C=O) groups excluding carboxylic acids is 2. The third kappa shape index (κ3) is 3.94. The average Bonchev–Trinajstić information content (AvgIpc) is 3.23. The van der Waals surface area contributed by atoms with Gasteiger partial charge in [-0.15, -0.1) is 0 Å². The topological polar surface area (TPSA) is 58.4 Å². The van der Waals surface area contributed by atoms with Gasteiger partial charge in [-0.2, -0.15) is 5.10 Å². The fourth-order valence-electron chi connectivity index (χ4n) is 3.50. The molecule has 0 saturated carbocycles. The largest absolute Gasteiger partial charge is 0.366 e. The van der Waals surface area contributed by atoms with E-state index in [4.69, 9.17) is 0 Å². The summed E-state index contributed by atoms with van der Waals surface area (Å²) in [4.78, 5) is 27.7. The molecule has 2 aromatic carbocycles. The van der Waals surface area contributed by atoms with Crippen molar-refractivity contribution >= 4 is 17.4 Å². The Hall–Kier alpha value is -3.55. The molecule has 1 fully saturated rings. The van der Waals surface area contributed by atoms with Gasteiger partial charge in [0.2, 0.25) is 0 Å². The molecule has 0 aliphatic carbocycles. The van der Waals surface area contributed by atoms with Gasteiger partial charge in [-0.25, -0.2) is 13.5 Å². The number of ketones is 1. The number of carbonyl (C=O) groups is 2. The standard InChI is InChI=1S/C22H20F2N4O2/c1-15(29)16-5-6-21(19(24)13-16)26-9-11-27(12-10-26)22(30)20-7-8-28(25-20)18-4-2-3-17(23)14-18/h2-8,13-14H,9-12H2,1H3.